The number of nitrogens with two attached hydrogens (primary N) is 1. The lowest BCUT2D eigenvalue weighted by Crippen LogP contribution is -2.46. The minimum absolute atomic E-state index is 0. The number of aromatic nitrogens is 2. The molecule has 12 heteroatoms. The molecule has 1 unspecified atom stereocenters. The lowest BCUT2D eigenvalue weighted by molar-refractivity contribution is -0.138. The van der Waals surface area contributed by atoms with Gasteiger partial charge in [0.1, 0.15) is 0 Å². The number of carbonyl (C=O) groups excluding carboxylic acids is 2. The first kappa shape index (κ1) is 28.2. The van der Waals surface area contributed by atoms with Crippen molar-refractivity contribution in [2.24, 2.45) is 5.73 Å². The van der Waals surface area contributed by atoms with Gasteiger partial charge in [-0.25, -0.2) is 4.79 Å². The molecule has 2 aliphatic heterocycles. The van der Waals surface area contributed by atoms with Gasteiger partial charge in [-0.3, -0.25) is 9.48 Å². The summed E-state index contributed by atoms with van der Waals surface area (Å²) in [5, 5.41) is 7.42. The first-order valence-corrected chi connectivity index (χ1v) is 13.1. The summed E-state index contributed by atoms with van der Waals surface area (Å²) in [6, 6.07) is 4.89. The van der Waals surface area contributed by atoms with E-state index in [1.807, 2.05) is 4.68 Å². The summed E-state index contributed by atoms with van der Waals surface area (Å²) in [7, 11) is 0. The van der Waals surface area contributed by atoms with E-state index in [0.29, 0.717) is 51.1 Å². The zero-order chi connectivity index (χ0) is 26.2. The predicted octanol–water partition coefficient (Wildman–Crippen LogP) is 4.48. The van der Waals surface area contributed by atoms with Gasteiger partial charge in [0, 0.05) is 38.6 Å². The molecule has 0 bridgehead atoms. The number of likely N-dealkylation sites (tertiary alicyclic amines) is 2. The van der Waals surface area contributed by atoms with Crippen molar-refractivity contribution in [3.63, 3.8) is 0 Å². The normalized spacial score (nSPS) is 20.4. The molecule has 38 heavy (non-hydrogen) atoms. The molecule has 1 saturated carbocycles. The van der Waals surface area contributed by atoms with Crippen molar-refractivity contribution >= 4 is 24.3 Å². The maximum atomic E-state index is 13.8. The van der Waals surface area contributed by atoms with E-state index in [4.69, 9.17) is 5.73 Å². The third-order valence-corrected chi connectivity index (χ3v) is 7.69. The number of urea groups is 1. The third-order valence-electron chi connectivity index (χ3n) is 7.69. The number of nitrogens with one attached hydrogen (secondary N) is 1. The Morgan fingerprint density at radius 3 is 2.42 bits per heavy atom. The van der Waals surface area contributed by atoms with Gasteiger partial charge in [0.25, 0.3) is 5.91 Å². The Morgan fingerprint density at radius 2 is 1.76 bits per heavy atom. The molecule has 1 aliphatic carbocycles. The minimum Gasteiger partial charge on any atom is -0.337 e. The van der Waals surface area contributed by atoms with Crippen LogP contribution in [0, 0.1) is 0 Å². The van der Waals surface area contributed by atoms with Crippen molar-refractivity contribution in [3.05, 3.63) is 52.8 Å². The topological polar surface area (TPSA) is 96.5 Å². The number of hydrogen-bond donors (Lipinski definition) is 2. The van der Waals surface area contributed by atoms with Crippen LogP contribution in [0.3, 0.4) is 0 Å². The molecule has 5 rings (SSSR count). The Balaban J connectivity index is 0.00000336. The van der Waals surface area contributed by atoms with E-state index in [-0.39, 0.29) is 41.9 Å². The lowest BCUT2D eigenvalue weighted by Gasteiger charge is -2.33. The minimum atomic E-state index is -4.48. The van der Waals surface area contributed by atoms with Crippen molar-refractivity contribution in [3.8, 4) is 0 Å². The van der Waals surface area contributed by atoms with Gasteiger partial charge in [-0.1, -0.05) is 18.2 Å². The number of halogens is 4. The van der Waals surface area contributed by atoms with Crippen LogP contribution in [-0.2, 0) is 6.18 Å². The van der Waals surface area contributed by atoms with Gasteiger partial charge < -0.3 is 20.9 Å². The van der Waals surface area contributed by atoms with Crippen molar-refractivity contribution in [1.29, 1.82) is 0 Å². The molecule has 8 nitrogen and oxygen atoms in total. The number of hydrogen-bond acceptors (Lipinski definition) is 4. The average molecular weight is 555 g/mol. The zero-order valence-corrected chi connectivity index (χ0v) is 21.9. The van der Waals surface area contributed by atoms with Crippen molar-refractivity contribution in [1.82, 2.24) is 24.9 Å². The number of rotatable bonds is 6. The number of piperidine rings is 1. The quantitative estimate of drug-likeness (QED) is 0.550. The largest absolute Gasteiger partial charge is 0.416 e. The summed E-state index contributed by atoms with van der Waals surface area (Å²) >= 11 is 0. The first-order valence-electron chi connectivity index (χ1n) is 13.1. The second-order valence-electron chi connectivity index (χ2n) is 10.1. The van der Waals surface area contributed by atoms with Crippen molar-refractivity contribution < 1.29 is 22.8 Å². The van der Waals surface area contributed by atoms with E-state index < -0.39 is 17.8 Å². The van der Waals surface area contributed by atoms with Crippen LogP contribution in [-0.4, -0.2) is 64.2 Å². The summed E-state index contributed by atoms with van der Waals surface area (Å²) in [5.41, 5.74) is 6.34. The standard InChI is InChI=1S/C26H33F3N6O2.ClH/c27-26(28,29)21-5-2-1-4-19(21)22-6-3-13-34(22)24(36)20-16-32-35(23(20)17-7-8-17)18-9-14-33(15-10-18)25(37)31-12-11-30;/h1-2,4-5,16-18,22H,3,6-15,30H2,(H,31,37);1H. The molecule has 1 aromatic carbocycles. The van der Waals surface area contributed by atoms with Crippen molar-refractivity contribution in [2.75, 3.05) is 32.7 Å². The van der Waals surface area contributed by atoms with Crippen LogP contribution in [0.4, 0.5) is 18.0 Å². The Kier molecular flexibility index (Phi) is 8.56. The number of benzene rings is 1. The smallest absolute Gasteiger partial charge is 0.337 e. The number of alkyl halides is 3. The van der Waals surface area contributed by atoms with E-state index in [2.05, 4.69) is 10.4 Å². The summed E-state index contributed by atoms with van der Waals surface area (Å²) < 4.78 is 43.1. The molecule has 0 radical (unpaired) electrons. The van der Waals surface area contributed by atoms with Gasteiger partial charge in [-0.15, -0.1) is 12.4 Å². The monoisotopic (exact) mass is 554 g/mol. The maximum Gasteiger partial charge on any atom is 0.416 e. The molecule has 0 spiro atoms. The zero-order valence-electron chi connectivity index (χ0n) is 21.1. The summed E-state index contributed by atoms with van der Waals surface area (Å²) in [4.78, 5) is 29.4. The molecule has 1 aromatic heterocycles. The highest BCUT2D eigenvalue weighted by Crippen LogP contribution is 2.45. The Labute approximate surface area is 226 Å². The molecule has 3 amide bonds. The van der Waals surface area contributed by atoms with Crippen LogP contribution in [0.25, 0.3) is 0 Å². The van der Waals surface area contributed by atoms with E-state index in [1.54, 1.807) is 22.1 Å². The second-order valence-corrected chi connectivity index (χ2v) is 10.1. The van der Waals surface area contributed by atoms with Gasteiger partial charge in [0.2, 0.25) is 0 Å². The highest BCUT2D eigenvalue weighted by atomic mass is 35.5. The molecule has 3 aliphatic rings. The van der Waals surface area contributed by atoms with Gasteiger partial charge in [-0.05, 0) is 50.2 Å². The summed E-state index contributed by atoms with van der Waals surface area (Å²) in [6.07, 6.45) is 1.64. The van der Waals surface area contributed by atoms with Gasteiger partial charge >= 0.3 is 12.2 Å². The van der Waals surface area contributed by atoms with Crippen LogP contribution in [0.15, 0.2) is 30.5 Å². The number of nitrogens with zero attached hydrogens (tertiary/aromatic N) is 4. The van der Waals surface area contributed by atoms with E-state index in [1.165, 1.54) is 12.1 Å². The highest BCUT2D eigenvalue weighted by molar-refractivity contribution is 5.96. The van der Waals surface area contributed by atoms with Crippen LogP contribution >= 0.6 is 12.4 Å². The fraction of sp³-hybridized carbons (Fsp3) is 0.577. The molecule has 3 N–H and O–H groups in total. The fourth-order valence-corrected chi connectivity index (χ4v) is 5.73. The molecule has 2 saturated heterocycles. The van der Waals surface area contributed by atoms with Crippen LogP contribution < -0.4 is 11.1 Å². The van der Waals surface area contributed by atoms with E-state index in [0.717, 1.165) is 37.4 Å². The van der Waals surface area contributed by atoms with Crippen molar-refractivity contribution in [2.45, 2.75) is 62.7 Å². The van der Waals surface area contributed by atoms with Crippen LogP contribution in [0.1, 0.15) is 83.7 Å². The Morgan fingerprint density at radius 1 is 1.05 bits per heavy atom. The van der Waals surface area contributed by atoms with E-state index in [9.17, 15) is 22.8 Å². The summed E-state index contributed by atoms with van der Waals surface area (Å²) in [5.74, 6) is -0.0120. The lowest BCUT2D eigenvalue weighted by atomic mass is 9.97. The van der Waals surface area contributed by atoms with E-state index >= 15 is 0 Å². The first-order chi connectivity index (χ1) is 17.8. The SMILES string of the molecule is Cl.NCCNC(=O)N1CCC(n2ncc(C(=O)N3CCCC3c3ccccc3C(F)(F)F)c2C2CC2)CC1. The highest BCUT2D eigenvalue weighted by Gasteiger charge is 2.42. The number of carbonyl (C=O) groups is 2. The summed E-state index contributed by atoms with van der Waals surface area (Å²) in [6.45, 7) is 2.39. The Bertz CT molecular complexity index is 1140. The average Bonchev–Trinajstić information content (AvgIpc) is 3.44. The second kappa shape index (κ2) is 11.5. The van der Waals surface area contributed by atoms with Gasteiger partial charge in [0.05, 0.1) is 35.1 Å². The Hall–Kier alpha value is -2.79. The molecular formula is C26H34ClF3N6O2. The third kappa shape index (κ3) is 5.63. The fourth-order valence-electron chi connectivity index (χ4n) is 5.73. The molecular weight excluding hydrogens is 521 g/mol. The predicted molar refractivity (Wildman–Crippen MR) is 138 cm³/mol. The molecule has 3 heterocycles. The van der Waals surface area contributed by atoms with Gasteiger partial charge in [-0.2, -0.15) is 18.3 Å². The molecule has 208 valence electrons. The maximum absolute atomic E-state index is 13.8. The van der Waals surface area contributed by atoms with Crippen LogP contribution in [0.5, 0.6) is 0 Å². The van der Waals surface area contributed by atoms with Gasteiger partial charge in [0.15, 0.2) is 0 Å². The van der Waals surface area contributed by atoms with Crippen LogP contribution in [0.2, 0.25) is 0 Å². The molecule has 2 aromatic rings. The molecule has 1 atom stereocenters. The number of amides is 3. The molecule has 3 fully saturated rings.